The van der Waals surface area contributed by atoms with Crippen molar-refractivity contribution in [3.05, 3.63) is 388 Å². The molecule has 560 valence electrons. The van der Waals surface area contributed by atoms with E-state index in [2.05, 4.69) is 243 Å². The van der Waals surface area contributed by atoms with E-state index in [1.165, 1.54) is 62.6 Å². The molecule has 8 aromatic heterocycles. The van der Waals surface area contributed by atoms with E-state index in [-0.39, 0.29) is 0 Å². The molecule has 24 aromatic rings. The molecule has 16 aromatic carbocycles. The van der Waals surface area contributed by atoms with Gasteiger partial charge in [-0.15, -0.1) is 22.7 Å². The Bertz CT molecular complexity index is 8050. The van der Waals surface area contributed by atoms with Gasteiger partial charge in [0.2, 0.25) is 0 Å². The average molecular weight is 1570 g/mol. The number of fused-ring (bicyclic) bond motifs is 16. The second kappa shape index (κ2) is 29.3. The van der Waals surface area contributed by atoms with Gasteiger partial charge in [0.1, 0.15) is 22.3 Å². The summed E-state index contributed by atoms with van der Waals surface area (Å²) in [5.41, 5.74) is 23.3. The number of benzene rings is 16. The van der Waals surface area contributed by atoms with Gasteiger partial charge in [-0.2, -0.15) is 0 Å². The fraction of sp³-hybridized carbons (Fsp3) is 0. The van der Waals surface area contributed by atoms with Crippen LogP contribution < -0.4 is 0 Å². The van der Waals surface area contributed by atoms with Crippen LogP contribution in [-0.4, -0.2) is 39.9 Å². The standard InChI is InChI=1S/2C54H32N4OS/c1-3-14-33(15-4-1)52-56-53(34-16-5-2-6-17-34)58-54(57-52)39-21-12-20-38(31-39)49-48-44-23-7-9-26-46(44)59-50(48)43-29-28-36(32-45(43)55-49)35-18-11-19-37(30-35)40-24-13-25-42-41-22-8-10-27-47(41)60-51(40)42;1-3-13-35(14-4-1)52-56-53(36-15-5-2-6-16-36)58-54(57-52)39-18-11-17-38(31-39)49-48-44-20-7-9-23-46(44)59-50(48)43-30-29-37(32-45(43)55-49)33-25-27-34(28-26-33)40-21-12-22-42-41-19-8-10-24-47(41)60-51(40)42/h2*1-32H. The summed E-state index contributed by atoms with van der Waals surface area (Å²) < 4.78 is 18.6. The second-order valence-electron chi connectivity index (χ2n) is 29.9. The summed E-state index contributed by atoms with van der Waals surface area (Å²) in [4.78, 5) is 40.9. The van der Waals surface area contributed by atoms with Crippen molar-refractivity contribution >= 4 is 129 Å². The van der Waals surface area contributed by atoms with Gasteiger partial charge in [0, 0.05) is 106 Å². The Morgan fingerprint density at radius 2 is 0.483 bits per heavy atom. The number of nitrogens with zero attached hydrogens (tertiary/aromatic N) is 8. The van der Waals surface area contributed by atoms with E-state index in [0.29, 0.717) is 34.9 Å². The third-order valence-electron chi connectivity index (χ3n) is 22.6. The minimum absolute atomic E-state index is 0.590. The Hall–Kier alpha value is -15.6. The van der Waals surface area contributed by atoms with E-state index in [0.717, 1.165) is 144 Å². The Labute approximate surface area is 696 Å². The van der Waals surface area contributed by atoms with Crippen molar-refractivity contribution in [1.29, 1.82) is 0 Å². The number of furan rings is 2. The Balaban J connectivity index is 0.000000140. The lowest BCUT2D eigenvalue weighted by atomic mass is 9.96. The van der Waals surface area contributed by atoms with Crippen molar-refractivity contribution in [3.63, 3.8) is 0 Å². The molecule has 24 rings (SSSR count). The van der Waals surface area contributed by atoms with Crippen LogP contribution in [-0.2, 0) is 0 Å². The Morgan fingerprint density at radius 1 is 0.183 bits per heavy atom. The molecule has 0 radical (unpaired) electrons. The molecule has 0 aliphatic rings. The number of aromatic nitrogens is 8. The molecule has 10 nitrogen and oxygen atoms in total. The molecule has 0 aliphatic carbocycles. The molecule has 0 fully saturated rings. The van der Waals surface area contributed by atoms with Crippen LogP contribution in [0, 0.1) is 0 Å². The number of rotatable bonds is 12. The first-order valence-corrected chi connectivity index (χ1v) is 41.5. The van der Waals surface area contributed by atoms with Crippen LogP contribution in [0.4, 0.5) is 0 Å². The lowest BCUT2D eigenvalue weighted by Crippen LogP contribution is -2.00. The molecule has 0 unspecified atom stereocenters. The van der Waals surface area contributed by atoms with Gasteiger partial charge >= 0.3 is 0 Å². The first kappa shape index (κ1) is 69.9. The number of thiophene rings is 2. The monoisotopic (exact) mass is 1570 g/mol. The molecule has 0 atom stereocenters. The molecule has 0 saturated heterocycles. The largest absolute Gasteiger partial charge is 0.455 e. The Morgan fingerprint density at radius 3 is 0.925 bits per heavy atom. The van der Waals surface area contributed by atoms with Crippen LogP contribution in [0.15, 0.2) is 397 Å². The third kappa shape index (κ3) is 12.5. The maximum atomic E-state index is 6.69. The van der Waals surface area contributed by atoms with Crippen molar-refractivity contribution < 1.29 is 8.83 Å². The quantitative estimate of drug-likeness (QED) is 0.117. The number of hydrogen-bond donors (Lipinski definition) is 0. The lowest BCUT2D eigenvalue weighted by Gasteiger charge is -2.11. The summed E-state index contributed by atoms with van der Waals surface area (Å²) in [6.45, 7) is 0. The van der Waals surface area contributed by atoms with Gasteiger partial charge in [-0.05, 0) is 111 Å². The molecular formula is C108H64N8O2S2. The van der Waals surface area contributed by atoms with Gasteiger partial charge in [-0.25, -0.2) is 39.9 Å². The Kier molecular flexibility index (Phi) is 17.1. The summed E-state index contributed by atoms with van der Waals surface area (Å²) in [5, 5.41) is 11.1. The summed E-state index contributed by atoms with van der Waals surface area (Å²) in [7, 11) is 0. The summed E-state index contributed by atoms with van der Waals surface area (Å²) >= 11 is 3.71. The van der Waals surface area contributed by atoms with Crippen molar-refractivity contribution in [3.8, 4) is 135 Å². The molecule has 120 heavy (non-hydrogen) atoms. The minimum Gasteiger partial charge on any atom is -0.455 e. The highest BCUT2D eigenvalue weighted by Crippen LogP contribution is 2.47. The van der Waals surface area contributed by atoms with Crippen molar-refractivity contribution in [2.24, 2.45) is 0 Å². The van der Waals surface area contributed by atoms with Gasteiger partial charge in [0.25, 0.3) is 0 Å². The number of para-hydroxylation sites is 2. The third-order valence-corrected chi connectivity index (χ3v) is 25.1. The lowest BCUT2D eigenvalue weighted by molar-refractivity contribution is 0.672. The van der Waals surface area contributed by atoms with Crippen molar-refractivity contribution in [2.75, 3.05) is 0 Å². The fourth-order valence-corrected chi connectivity index (χ4v) is 19.3. The van der Waals surface area contributed by atoms with Gasteiger partial charge < -0.3 is 8.83 Å². The zero-order chi connectivity index (χ0) is 79.1. The van der Waals surface area contributed by atoms with Crippen molar-refractivity contribution in [1.82, 2.24) is 39.9 Å². The van der Waals surface area contributed by atoms with Crippen LogP contribution in [0.5, 0.6) is 0 Å². The molecule has 0 spiro atoms. The van der Waals surface area contributed by atoms with Crippen LogP contribution in [0.25, 0.3) is 241 Å². The fourth-order valence-electron chi connectivity index (χ4n) is 16.8. The zero-order valence-corrected chi connectivity index (χ0v) is 65.8. The number of pyridine rings is 2. The van der Waals surface area contributed by atoms with Crippen LogP contribution in [0.3, 0.4) is 0 Å². The van der Waals surface area contributed by atoms with E-state index < -0.39 is 0 Å². The predicted octanol–water partition coefficient (Wildman–Crippen LogP) is 29.4. The van der Waals surface area contributed by atoms with Gasteiger partial charge in [0.05, 0.1) is 33.2 Å². The molecular weight excluding hydrogens is 1510 g/mol. The maximum Gasteiger partial charge on any atom is 0.164 e. The molecule has 8 heterocycles. The topological polar surface area (TPSA) is 129 Å². The second-order valence-corrected chi connectivity index (χ2v) is 32.1. The van der Waals surface area contributed by atoms with Gasteiger partial charge in [-0.3, -0.25) is 0 Å². The van der Waals surface area contributed by atoms with E-state index in [9.17, 15) is 0 Å². The molecule has 12 heteroatoms. The normalized spacial score (nSPS) is 11.7. The van der Waals surface area contributed by atoms with Crippen LogP contribution >= 0.6 is 22.7 Å². The molecule has 0 amide bonds. The first-order valence-electron chi connectivity index (χ1n) is 39.9. The summed E-state index contributed by atoms with van der Waals surface area (Å²) in [5.74, 6) is 3.66. The molecule has 0 aliphatic heterocycles. The SMILES string of the molecule is c1ccc(-c2nc(-c3ccccc3)nc(-c3cccc(-c4nc5cc(-c6ccc(-c7cccc8c7sc7ccccc78)cc6)ccc5c5oc6ccccc6c45)c3)n2)cc1.c1ccc(-c2nc(-c3ccccc3)nc(-c3cccc(-c4nc5cc(-c6cccc(-c7cccc8c7sc7ccccc78)c6)ccc5c5oc6ccccc6c45)c3)n2)cc1. The van der Waals surface area contributed by atoms with Crippen LogP contribution in [0.1, 0.15) is 0 Å². The predicted molar refractivity (Wildman–Crippen MR) is 496 cm³/mol. The van der Waals surface area contributed by atoms with E-state index in [1.54, 1.807) is 0 Å². The smallest absolute Gasteiger partial charge is 0.164 e. The average Bonchev–Trinajstić information content (AvgIpc) is 1.56. The van der Waals surface area contributed by atoms with Crippen molar-refractivity contribution in [2.45, 2.75) is 0 Å². The number of hydrogen-bond acceptors (Lipinski definition) is 12. The first-order chi connectivity index (χ1) is 59.4. The zero-order valence-electron chi connectivity index (χ0n) is 64.2. The molecule has 0 N–H and O–H groups in total. The summed E-state index contributed by atoms with van der Waals surface area (Å²) in [6, 6.07) is 135. The van der Waals surface area contributed by atoms with E-state index in [4.69, 9.17) is 48.7 Å². The van der Waals surface area contributed by atoms with Crippen LogP contribution in [0.2, 0.25) is 0 Å². The van der Waals surface area contributed by atoms with Gasteiger partial charge in [-0.1, -0.05) is 322 Å². The van der Waals surface area contributed by atoms with E-state index in [1.807, 2.05) is 168 Å². The highest BCUT2D eigenvalue weighted by molar-refractivity contribution is 7.26. The summed E-state index contributed by atoms with van der Waals surface area (Å²) in [6.07, 6.45) is 0. The highest BCUT2D eigenvalue weighted by atomic mass is 32.1. The maximum absolute atomic E-state index is 6.69. The minimum atomic E-state index is 0.590. The highest BCUT2D eigenvalue weighted by Gasteiger charge is 2.24. The molecule has 0 saturated carbocycles. The molecule has 0 bridgehead atoms. The van der Waals surface area contributed by atoms with E-state index >= 15 is 0 Å². The van der Waals surface area contributed by atoms with Gasteiger partial charge in [0.15, 0.2) is 34.9 Å².